The van der Waals surface area contributed by atoms with Crippen LogP contribution in [0.1, 0.15) is 24.2 Å². The molecule has 1 aromatic carbocycles. The van der Waals surface area contributed by atoms with Crippen molar-refractivity contribution < 1.29 is 9.90 Å². The Balaban J connectivity index is 1.54. The first-order valence-electron chi connectivity index (χ1n) is 10.6. The zero-order valence-corrected chi connectivity index (χ0v) is 18.6. The van der Waals surface area contributed by atoms with Crippen molar-refractivity contribution in [1.82, 2.24) is 29.6 Å². The van der Waals surface area contributed by atoms with E-state index >= 15 is 0 Å². The largest absolute Gasteiger partial charge is 0.396 e. The van der Waals surface area contributed by atoms with E-state index in [1.807, 2.05) is 74.0 Å². The van der Waals surface area contributed by atoms with Gasteiger partial charge in [0.05, 0.1) is 11.2 Å². The second-order valence-electron chi connectivity index (χ2n) is 9.16. The first-order chi connectivity index (χ1) is 15.3. The summed E-state index contributed by atoms with van der Waals surface area (Å²) in [5.41, 5.74) is 4.81. The molecule has 0 saturated heterocycles. The number of hydrogen-bond acceptors (Lipinski definition) is 4. The van der Waals surface area contributed by atoms with Crippen LogP contribution >= 0.6 is 0 Å². The van der Waals surface area contributed by atoms with Gasteiger partial charge in [0.1, 0.15) is 0 Å². The lowest BCUT2D eigenvalue weighted by molar-refractivity contribution is 0.0911. The Kier molecular flexibility index (Phi) is 4.56. The van der Waals surface area contributed by atoms with Gasteiger partial charge in [-0.1, -0.05) is 19.9 Å². The first kappa shape index (κ1) is 20.3. The van der Waals surface area contributed by atoms with Crippen LogP contribution in [-0.4, -0.2) is 48.5 Å². The number of amides is 1. The number of hydrogen-bond donors (Lipinski definition) is 3. The van der Waals surface area contributed by atoms with E-state index in [2.05, 4.69) is 21.5 Å². The average molecular weight is 431 g/mol. The number of aromatic nitrogens is 5. The molecule has 8 nitrogen and oxygen atoms in total. The van der Waals surface area contributed by atoms with Crippen LogP contribution in [0.25, 0.3) is 44.1 Å². The van der Waals surface area contributed by atoms with Crippen LogP contribution in [0.5, 0.6) is 0 Å². The Bertz CT molecular complexity index is 1490. The third-order valence-electron chi connectivity index (χ3n) is 6.04. The van der Waals surface area contributed by atoms with Crippen LogP contribution in [-0.2, 0) is 14.1 Å². The minimum atomic E-state index is -0.362. The highest BCUT2D eigenvalue weighted by molar-refractivity contribution is 6.07. The number of aryl methyl sites for hydroxylation is 2. The van der Waals surface area contributed by atoms with Gasteiger partial charge >= 0.3 is 0 Å². The van der Waals surface area contributed by atoms with Crippen LogP contribution in [0.3, 0.4) is 0 Å². The maximum atomic E-state index is 12.7. The molecular formula is C24H26N6O2. The van der Waals surface area contributed by atoms with E-state index < -0.39 is 0 Å². The summed E-state index contributed by atoms with van der Waals surface area (Å²) in [6.07, 6.45) is 5.80. The molecule has 0 bridgehead atoms. The fourth-order valence-electron chi connectivity index (χ4n) is 4.08. The molecule has 0 radical (unpaired) electrons. The summed E-state index contributed by atoms with van der Waals surface area (Å²) in [6, 6.07) is 7.77. The van der Waals surface area contributed by atoms with Crippen LogP contribution in [0.15, 0.2) is 42.9 Å². The van der Waals surface area contributed by atoms with E-state index in [4.69, 9.17) is 4.98 Å². The van der Waals surface area contributed by atoms with Crippen LogP contribution in [0, 0.1) is 5.41 Å². The van der Waals surface area contributed by atoms with Crippen molar-refractivity contribution >= 4 is 38.7 Å². The molecule has 0 spiro atoms. The number of fused-ring (bicyclic) bond motifs is 4. The molecule has 32 heavy (non-hydrogen) atoms. The Morgan fingerprint density at radius 3 is 2.81 bits per heavy atom. The molecule has 4 heterocycles. The molecule has 0 aliphatic carbocycles. The third-order valence-corrected chi connectivity index (χ3v) is 6.04. The molecule has 1 amide bonds. The molecule has 3 N–H and O–H groups in total. The van der Waals surface area contributed by atoms with Crippen LogP contribution in [0.2, 0.25) is 0 Å². The van der Waals surface area contributed by atoms with Crippen molar-refractivity contribution in [3.05, 3.63) is 48.4 Å². The Morgan fingerprint density at radius 2 is 2.03 bits per heavy atom. The third kappa shape index (κ3) is 3.23. The number of aliphatic hydroxyl groups is 1. The highest BCUT2D eigenvalue weighted by Crippen LogP contribution is 2.34. The lowest BCUT2D eigenvalue weighted by Gasteiger charge is -2.21. The lowest BCUT2D eigenvalue weighted by atomic mass is 9.95. The molecule has 0 fully saturated rings. The van der Waals surface area contributed by atoms with E-state index in [0.717, 1.165) is 38.4 Å². The fourth-order valence-corrected chi connectivity index (χ4v) is 4.08. The maximum absolute atomic E-state index is 12.7. The second kappa shape index (κ2) is 7.20. The summed E-state index contributed by atoms with van der Waals surface area (Å²) in [5, 5.41) is 18.6. The van der Waals surface area contributed by atoms with Gasteiger partial charge in [0.25, 0.3) is 5.91 Å². The number of carbonyl (C=O) groups excluding carboxylic acids is 1. The lowest BCUT2D eigenvalue weighted by Crippen LogP contribution is -2.36. The molecule has 5 rings (SSSR count). The normalized spacial score (nSPS) is 12.3. The van der Waals surface area contributed by atoms with Gasteiger partial charge in [-0.15, -0.1) is 0 Å². The maximum Gasteiger partial charge on any atom is 0.251 e. The van der Waals surface area contributed by atoms with Crippen molar-refractivity contribution in [1.29, 1.82) is 0 Å². The number of carbonyl (C=O) groups is 1. The van der Waals surface area contributed by atoms with Crippen molar-refractivity contribution in [3.8, 4) is 11.3 Å². The van der Waals surface area contributed by atoms with Crippen molar-refractivity contribution in [2.45, 2.75) is 13.8 Å². The number of aliphatic hydroxyl groups excluding tert-OH is 1. The number of pyridine rings is 1. The molecule has 164 valence electrons. The Hall–Kier alpha value is -3.65. The molecule has 0 saturated carbocycles. The van der Waals surface area contributed by atoms with E-state index in [1.165, 1.54) is 0 Å². The van der Waals surface area contributed by atoms with Crippen molar-refractivity contribution in [3.63, 3.8) is 0 Å². The minimum absolute atomic E-state index is 0.0104. The number of H-pyrrole nitrogens is 1. The molecular weight excluding hydrogens is 404 g/mol. The van der Waals surface area contributed by atoms with E-state index in [-0.39, 0.29) is 17.9 Å². The molecule has 0 aliphatic heterocycles. The second-order valence-corrected chi connectivity index (χ2v) is 9.16. The zero-order chi connectivity index (χ0) is 22.6. The predicted molar refractivity (Wildman–Crippen MR) is 125 cm³/mol. The van der Waals surface area contributed by atoms with E-state index in [9.17, 15) is 9.90 Å². The van der Waals surface area contributed by atoms with Crippen LogP contribution in [0.4, 0.5) is 0 Å². The van der Waals surface area contributed by atoms with Gasteiger partial charge in [-0.2, -0.15) is 0 Å². The summed E-state index contributed by atoms with van der Waals surface area (Å²) in [4.78, 5) is 22.0. The van der Waals surface area contributed by atoms with Crippen molar-refractivity contribution in [2.75, 3.05) is 13.2 Å². The number of nitrogens with zero attached hydrogens (tertiary/aromatic N) is 4. The smallest absolute Gasteiger partial charge is 0.251 e. The average Bonchev–Trinajstić information content (AvgIpc) is 3.47. The monoisotopic (exact) mass is 430 g/mol. The van der Waals surface area contributed by atoms with Gasteiger partial charge in [-0.3, -0.25) is 9.48 Å². The predicted octanol–water partition coefficient (Wildman–Crippen LogP) is 3.36. The summed E-state index contributed by atoms with van der Waals surface area (Å²) in [5.74, 6) is -0.153. The highest BCUT2D eigenvalue weighted by Gasteiger charge is 2.20. The highest BCUT2D eigenvalue weighted by atomic mass is 16.3. The van der Waals surface area contributed by atoms with Gasteiger partial charge in [-0.25, -0.2) is 9.97 Å². The Morgan fingerprint density at radius 1 is 1.22 bits per heavy atom. The zero-order valence-electron chi connectivity index (χ0n) is 18.6. The van der Waals surface area contributed by atoms with Gasteiger partial charge in [0.15, 0.2) is 5.65 Å². The van der Waals surface area contributed by atoms with Crippen LogP contribution < -0.4 is 5.32 Å². The number of nitrogens with one attached hydrogen (secondary N) is 2. The van der Waals surface area contributed by atoms with E-state index in [0.29, 0.717) is 17.8 Å². The molecule has 0 unspecified atom stereocenters. The number of benzene rings is 1. The fraction of sp³-hybridized carbons (Fsp3) is 0.292. The minimum Gasteiger partial charge on any atom is -0.396 e. The molecule has 0 aliphatic rings. The quantitative estimate of drug-likeness (QED) is 0.398. The van der Waals surface area contributed by atoms with E-state index in [1.54, 1.807) is 0 Å². The number of rotatable bonds is 5. The summed E-state index contributed by atoms with van der Waals surface area (Å²) < 4.78 is 3.98. The summed E-state index contributed by atoms with van der Waals surface area (Å²) in [7, 11) is 3.94. The van der Waals surface area contributed by atoms with Crippen molar-refractivity contribution in [2.24, 2.45) is 19.5 Å². The molecule has 0 atom stereocenters. The topological polar surface area (TPSA) is 101 Å². The number of aromatic amines is 1. The SMILES string of the molecule is Cn1cc(-c2cc3c(ncc4c[nH]n(C)c43)n2)c2ccc(C(=O)NCC(C)(C)CO)cc21. The molecule has 5 aromatic rings. The first-order valence-corrected chi connectivity index (χ1v) is 10.6. The summed E-state index contributed by atoms with van der Waals surface area (Å²) >= 11 is 0. The molecule has 4 aromatic heterocycles. The Labute approximate surface area is 184 Å². The van der Waals surface area contributed by atoms with Gasteiger partial charge in [0.2, 0.25) is 0 Å². The summed E-state index contributed by atoms with van der Waals surface area (Å²) in [6.45, 7) is 4.23. The van der Waals surface area contributed by atoms with Gasteiger partial charge < -0.3 is 20.1 Å². The van der Waals surface area contributed by atoms with Gasteiger partial charge in [0, 0.05) is 84.1 Å². The standard InChI is InChI=1S/C24H26N6O2/c1-24(2,13-31)12-26-23(32)14-5-6-16-18(11-29(3)20(16)7-14)19-8-17-21-15(10-27-30(21)4)9-25-22(17)28-19/h5-11,27,31H,12-13H2,1-4H3,(H,26,32). The molecule has 8 heteroatoms. The van der Waals surface area contributed by atoms with Gasteiger partial charge in [-0.05, 0) is 18.2 Å².